The van der Waals surface area contributed by atoms with E-state index in [1.807, 2.05) is 6.92 Å². The number of hydrogen-bond acceptors (Lipinski definition) is 5. The van der Waals surface area contributed by atoms with Crippen LogP contribution in [0.15, 0.2) is 56.9 Å². The number of nitrogens with one attached hydrogen (secondary N) is 1. The summed E-state index contributed by atoms with van der Waals surface area (Å²) < 4.78 is 31.6. The van der Waals surface area contributed by atoms with Crippen LogP contribution >= 0.6 is 15.9 Å². The number of rotatable bonds is 4. The predicted molar refractivity (Wildman–Crippen MR) is 134 cm³/mol. The van der Waals surface area contributed by atoms with Crippen molar-refractivity contribution in [2.24, 2.45) is 7.05 Å². The van der Waals surface area contributed by atoms with E-state index in [0.717, 1.165) is 3.97 Å². The quantitative estimate of drug-likeness (QED) is 0.389. The van der Waals surface area contributed by atoms with Gasteiger partial charge in [0, 0.05) is 24.0 Å². The van der Waals surface area contributed by atoms with Gasteiger partial charge in [0.25, 0.3) is 10.0 Å². The molecule has 1 aliphatic rings. The van der Waals surface area contributed by atoms with Crippen LogP contribution in [0.1, 0.15) is 38.6 Å². The van der Waals surface area contributed by atoms with Crippen molar-refractivity contribution in [1.29, 1.82) is 0 Å². The van der Waals surface area contributed by atoms with Crippen molar-refractivity contribution in [1.82, 2.24) is 23.4 Å². The van der Waals surface area contributed by atoms with Crippen molar-refractivity contribution in [3.63, 3.8) is 0 Å². The van der Waals surface area contributed by atoms with Gasteiger partial charge < -0.3 is 10.4 Å². The molecule has 0 spiro atoms. The van der Waals surface area contributed by atoms with E-state index in [4.69, 9.17) is 5.11 Å². The van der Waals surface area contributed by atoms with Gasteiger partial charge in [0.1, 0.15) is 4.60 Å². The minimum Gasteiger partial charge on any atom is -0.465 e. The summed E-state index contributed by atoms with van der Waals surface area (Å²) in [6, 6.07) is 9.62. The van der Waals surface area contributed by atoms with Crippen LogP contribution in [0, 0.1) is 0 Å². The summed E-state index contributed by atoms with van der Waals surface area (Å²) in [4.78, 5) is 29.1. The molecule has 4 aromatic rings. The Morgan fingerprint density at radius 1 is 1.23 bits per heavy atom. The molecule has 5 rings (SSSR count). The summed E-state index contributed by atoms with van der Waals surface area (Å²) >= 11 is 3.40. The Bertz CT molecular complexity index is 1630. The van der Waals surface area contributed by atoms with Crippen LogP contribution in [0.2, 0.25) is 0 Å². The predicted octanol–water partition coefficient (Wildman–Crippen LogP) is 3.83. The summed E-state index contributed by atoms with van der Waals surface area (Å²) in [6.45, 7) is 1.87. The molecule has 0 saturated heterocycles. The second-order valence-electron chi connectivity index (χ2n) is 9.21. The Balaban J connectivity index is 1.68. The number of imidazole rings is 1. The van der Waals surface area contributed by atoms with Crippen LogP contribution in [0.25, 0.3) is 22.1 Å². The first kappa shape index (κ1) is 23.6. The zero-order valence-corrected chi connectivity index (χ0v) is 21.5. The lowest BCUT2D eigenvalue weighted by Crippen LogP contribution is -2.48. The minimum absolute atomic E-state index is 0.128. The lowest BCUT2D eigenvalue weighted by molar-refractivity contribution is 0.158. The first-order valence-electron chi connectivity index (χ1n) is 11.1. The molecule has 1 aliphatic carbocycles. The molecular weight excluding hydrogens is 538 g/mol. The van der Waals surface area contributed by atoms with Gasteiger partial charge in [-0.1, -0.05) is 18.2 Å². The van der Waals surface area contributed by atoms with Crippen LogP contribution in [0.5, 0.6) is 0 Å². The van der Waals surface area contributed by atoms with E-state index in [1.54, 1.807) is 35.9 Å². The summed E-state index contributed by atoms with van der Waals surface area (Å²) in [7, 11) is -2.27. The molecule has 0 aliphatic heterocycles. The number of aryl methyl sites for hydroxylation is 1. The van der Waals surface area contributed by atoms with Crippen LogP contribution in [0.3, 0.4) is 0 Å². The molecule has 3 aromatic heterocycles. The van der Waals surface area contributed by atoms with Crippen LogP contribution in [-0.4, -0.2) is 43.2 Å². The maximum Gasteiger partial charge on any atom is 0.405 e. The zero-order chi connectivity index (χ0) is 25.1. The van der Waals surface area contributed by atoms with Crippen LogP contribution in [0.4, 0.5) is 4.79 Å². The van der Waals surface area contributed by atoms with Gasteiger partial charge in [0.2, 0.25) is 0 Å². The van der Waals surface area contributed by atoms with Crippen molar-refractivity contribution in [2.75, 3.05) is 0 Å². The van der Waals surface area contributed by atoms with E-state index in [0.29, 0.717) is 46.7 Å². The third-order valence-electron chi connectivity index (χ3n) is 6.91. The number of benzene rings is 1. The highest BCUT2D eigenvalue weighted by molar-refractivity contribution is 9.10. The largest absolute Gasteiger partial charge is 0.465 e. The summed E-state index contributed by atoms with van der Waals surface area (Å²) in [5, 5.41) is 12.3. The third kappa shape index (κ3) is 3.75. The number of pyridine rings is 1. The number of carbonyl (C=O) groups is 1. The Morgan fingerprint density at radius 2 is 1.89 bits per heavy atom. The van der Waals surface area contributed by atoms with E-state index < -0.39 is 21.7 Å². The molecule has 1 amide bonds. The van der Waals surface area contributed by atoms with E-state index in [-0.39, 0.29) is 22.3 Å². The molecule has 0 radical (unpaired) electrons. The molecule has 1 aromatic carbocycles. The van der Waals surface area contributed by atoms with Gasteiger partial charge >= 0.3 is 11.8 Å². The van der Waals surface area contributed by atoms with Gasteiger partial charge in [-0.05, 0) is 66.7 Å². The van der Waals surface area contributed by atoms with Crippen molar-refractivity contribution < 1.29 is 18.3 Å². The molecule has 3 heterocycles. The average molecular weight is 562 g/mol. The molecule has 0 unspecified atom stereocenters. The van der Waals surface area contributed by atoms with Crippen molar-refractivity contribution in [3.8, 4) is 0 Å². The molecule has 10 nitrogen and oxygen atoms in total. The fraction of sp³-hybridized carbons (Fsp3) is 0.348. The number of nitrogens with zero attached hydrogens (tertiary/aromatic N) is 4. The number of hydrogen-bond donors (Lipinski definition) is 2. The van der Waals surface area contributed by atoms with Crippen molar-refractivity contribution >= 4 is 54.1 Å². The molecule has 0 bridgehead atoms. The highest BCUT2D eigenvalue weighted by Gasteiger charge is 2.35. The van der Waals surface area contributed by atoms with E-state index in [1.165, 1.54) is 22.9 Å². The fourth-order valence-electron chi connectivity index (χ4n) is 5.08. The smallest absolute Gasteiger partial charge is 0.405 e. The molecule has 35 heavy (non-hydrogen) atoms. The standard InChI is InChI=1S/C23H24BrN5O5S/c1-23(26-21(30)31)10-8-14(9-11-23)28-19-16-12-18(24)29(35(33,34)15-6-4-3-5-7-15)20(16)25-13-17(19)27(2)22(28)32/h3-7,12-14,26H,8-11H2,1-2H3,(H,30,31)/t14-,23+. The Labute approximate surface area is 209 Å². The highest BCUT2D eigenvalue weighted by atomic mass is 79.9. The van der Waals surface area contributed by atoms with Gasteiger partial charge in [0.15, 0.2) is 5.65 Å². The minimum atomic E-state index is -3.94. The number of halogens is 1. The maximum absolute atomic E-state index is 13.4. The van der Waals surface area contributed by atoms with Gasteiger partial charge in [-0.2, -0.15) is 0 Å². The SMILES string of the molecule is Cn1c(=O)n([C@H]2CC[C@@](C)(NC(=O)O)CC2)c2c3cc(Br)n(S(=O)(=O)c4ccccc4)c3ncc21. The second-order valence-corrected chi connectivity index (χ2v) is 11.8. The van der Waals surface area contributed by atoms with Gasteiger partial charge in [-0.25, -0.2) is 27.0 Å². The first-order valence-corrected chi connectivity index (χ1v) is 13.4. The van der Waals surface area contributed by atoms with Crippen molar-refractivity contribution in [3.05, 3.63) is 57.7 Å². The number of fused-ring (bicyclic) bond motifs is 3. The highest BCUT2D eigenvalue weighted by Crippen LogP contribution is 2.38. The van der Waals surface area contributed by atoms with Gasteiger partial charge in [0.05, 0.1) is 22.1 Å². The normalized spacial score (nSPS) is 20.9. The van der Waals surface area contributed by atoms with Gasteiger partial charge in [-0.15, -0.1) is 0 Å². The first-order chi connectivity index (χ1) is 16.5. The van der Waals surface area contributed by atoms with E-state index in [2.05, 4.69) is 26.2 Å². The zero-order valence-electron chi connectivity index (χ0n) is 19.1. The number of carboxylic acid groups (broad SMARTS) is 1. The summed E-state index contributed by atoms with van der Waals surface area (Å²) in [5.41, 5.74) is 0.666. The molecule has 12 heteroatoms. The van der Waals surface area contributed by atoms with Crippen LogP contribution < -0.4 is 11.0 Å². The molecule has 0 atom stereocenters. The van der Waals surface area contributed by atoms with Gasteiger partial charge in [-0.3, -0.25) is 9.13 Å². The topological polar surface area (TPSA) is 128 Å². The Kier molecular flexibility index (Phi) is 5.55. The number of aromatic nitrogens is 4. The molecule has 2 N–H and O–H groups in total. The average Bonchev–Trinajstić information content (AvgIpc) is 3.28. The molecule has 184 valence electrons. The lowest BCUT2D eigenvalue weighted by Gasteiger charge is -2.37. The summed E-state index contributed by atoms with van der Waals surface area (Å²) in [6.07, 6.45) is 2.82. The molecule has 1 fully saturated rings. The third-order valence-corrected chi connectivity index (χ3v) is 9.44. The maximum atomic E-state index is 13.4. The Hall–Kier alpha value is -3.12. The Morgan fingerprint density at radius 3 is 2.51 bits per heavy atom. The van der Waals surface area contributed by atoms with Crippen molar-refractivity contribution in [2.45, 2.75) is 49.1 Å². The molecular formula is C23H24BrN5O5S. The number of amides is 1. The second kappa shape index (κ2) is 8.23. The van der Waals surface area contributed by atoms with E-state index in [9.17, 15) is 18.0 Å². The summed E-state index contributed by atoms with van der Waals surface area (Å²) in [5.74, 6) is 0. The molecule has 1 saturated carbocycles. The lowest BCUT2D eigenvalue weighted by atomic mass is 9.80. The van der Waals surface area contributed by atoms with Crippen LogP contribution in [-0.2, 0) is 17.1 Å². The van der Waals surface area contributed by atoms with E-state index >= 15 is 0 Å². The fourth-order valence-corrected chi connectivity index (χ4v) is 7.41. The monoisotopic (exact) mass is 561 g/mol.